The van der Waals surface area contributed by atoms with Gasteiger partial charge in [-0.05, 0) is 23.8 Å². The Labute approximate surface area is 141 Å². The summed E-state index contributed by atoms with van der Waals surface area (Å²) in [5.41, 5.74) is 6.59. The number of nitrogens with two attached hydrogens (primary N) is 1. The number of nitrogens with one attached hydrogen (secondary N) is 1. The van der Waals surface area contributed by atoms with E-state index in [0.717, 1.165) is 10.0 Å². The summed E-state index contributed by atoms with van der Waals surface area (Å²) in [5.74, 6) is -1.03. The van der Waals surface area contributed by atoms with E-state index in [4.69, 9.17) is 17.3 Å². The molecule has 2 rings (SSSR count). The van der Waals surface area contributed by atoms with Crippen LogP contribution in [0.2, 0.25) is 5.02 Å². The summed E-state index contributed by atoms with van der Waals surface area (Å²) < 4.78 is 0.855. The number of amides is 2. The number of primary amides is 1. The largest absolute Gasteiger partial charge is 0.368 e. The molecule has 3 N–H and O–H groups in total. The first-order chi connectivity index (χ1) is 10.5. The van der Waals surface area contributed by atoms with Crippen LogP contribution >= 0.6 is 27.5 Å². The summed E-state index contributed by atoms with van der Waals surface area (Å²) in [6, 6.07) is 13.3. The molecule has 0 radical (unpaired) electrons. The first-order valence-electron chi connectivity index (χ1n) is 6.57. The molecule has 0 saturated heterocycles. The summed E-state index contributed by atoms with van der Waals surface area (Å²) >= 11 is 9.39. The number of hydrogen-bond donors (Lipinski definition) is 2. The predicted octanol–water partition coefficient (Wildman–Crippen LogP) is 2.93. The van der Waals surface area contributed by atoms with Gasteiger partial charge in [-0.3, -0.25) is 9.59 Å². The standard InChI is InChI=1S/C16H14BrClN2O2/c17-12-7-3-1-5-10(12)9-14(15(19)21)20-16(22)11-6-2-4-8-13(11)18/h1-8,14H,9H2,(H2,19,21)(H,20,22)/t14-/m0/s1. The minimum Gasteiger partial charge on any atom is -0.368 e. The lowest BCUT2D eigenvalue weighted by molar-refractivity contribution is -0.119. The molecule has 0 aliphatic rings. The molecule has 0 aliphatic carbocycles. The molecule has 0 bridgehead atoms. The lowest BCUT2D eigenvalue weighted by Crippen LogP contribution is -2.46. The Hall–Kier alpha value is -1.85. The Balaban J connectivity index is 2.16. The lowest BCUT2D eigenvalue weighted by Gasteiger charge is -2.17. The Morgan fingerprint density at radius 3 is 2.41 bits per heavy atom. The highest BCUT2D eigenvalue weighted by Gasteiger charge is 2.21. The van der Waals surface area contributed by atoms with Crippen molar-refractivity contribution in [3.05, 3.63) is 69.2 Å². The minimum absolute atomic E-state index is 0.299. The summed E-state index contributed by atoms with van der Waals surface area (Å²) in [5, 5.41) is 2.95. The van der Waals surface area contributed by atoms with Gasteiger partial charge in [0, 0.05) is 10.9 Å². The molecule has 0 fully saturated rings. The Kier molecular flexibility index (Phi) is 5.57. The molecule has 0 saturated carbocycles. The number of carbonyl (C=O) groups is 2. The highest BCUT2D eigenvalue weighted by molar-refractivity contribution is 9.10. The van der Waals surface area contributed by atoms with Gasteiger partial charge in [-0.1, -0.05) is 57.9 Å². The van der Waals surface area contributed by atoms with Crippen molar-refractivity contribution in [3.63, 3.8) is 0 Å². The Morgan fingerprint density at radius 2 is 1.77 bits per heavy atom. The van der Waals surface area contributed by atoms with Crippen molar-refractivity contribution in [1.29, 1.82) is 0 Å². The highest BCUT2D eigenvalue weighted by Crippen LogP contribution is 2.18. The van der Waals surface area contributed by atoms with Crippen molar-refractivity contribution < 1.29 is 9.59 Å². The van der Waals surface area contributed by atoms with Crippen molar-refractivity contribution in [2.75, 3.05) is 0 Å². The van der Waals surface area contributed by atoms with E-state index in [1.165, 1.54) is 0 Å². The second kappa shape index (κ2) is 7.42. The van der Waals surface area contributed by atoms with Gasteiger partial charge in [0.2, 0.25) is 5.91 Å². The average molecular weight is 382 g/mol. The Morgan fingerprint density at radius 1 is 1.14 bits per heavy atom. The van der Waals surface area contributed by atoms with Crippen LogP contribution < -0.4 is 11.1 Å². The maximum Gasteiger partial charge on any atom is 0.253 e. The van der Waals surface area contributed by atoms with E-state index in [1.54, 1.807) is 24.3 Å². The van der Waals surface area contributed by atoms with Gasteiger partial charge in [0.1, 0.15) is 6.04 Å². The first kappa shape index (κ1) is 16.5. The van der Waals surface area contributed by atoms with Crippen molar-refractivity contribution >= 4 is 39.3 Å². The smallest absolute Gasteiger partial charge is 0.253 e. The van der Waals surface area contributed by atoms with Crippen LogP contribution in [0, 0.1) is 0 Å². The molecule has 1 atom stereocenters. The molecular formula is C16H14BrClN2O2. The SMILES string of the molecule is NC(=O)[C@H](Cc1ccccc1Br)NC(=O)c1ccccc1Cl. The molecule has 2 aromatic rings. The third-order valence-electron chi connectivity index (χ3n) is 3.15. The van der Waals surface area contributed by atoms with Crippen LogP contribution in [0.3, 0.4) is 0 Å². The van der Waals surface area contributed by atoms with E-state index in [-0.39, 0.29) is 0 Å². The van der Waals surface area contributed by atoms with Crippen LogP contribution in [0.5, 0.6) is 0 Å². The second-order valence-corrected chi connectivity index (χ2v) is 5.97. The van der Waals surface area contributed by atoms with Gasteiger partial charge in [0.05, 0.1) is 10.6 Å². The highest BCUT2D eigenvalue weighted by atomic mass is 79.9. The molecule has 2 aromatic carbocycles. The zero-order valence-corrected chi connectivity index (χ0v) is 13.9. The molecule has 22 heavy (non-hydrogen) atoms. The fraction of sp³-hybridized carbons (Fsp3) is 0.125. The van der Waals surface area contributed by atoms with Gasteiger partial charge in [0.15, 0.2) is 0 Å². The number of benzene rings is 2. The molecule has 4 nitrogen and oxygen atoms in total. The molecular weight excluding hydrogens is 368 g/mol. The topological polar surface area (TPSA) is 72.2 Å². The van der Waals surface area contributed by atoms with Gasteiger partial charge in [-0.2, -0.15) is 0 Å². The molecule has 0 aliphatic heterocycles. The van der Waals surface area contributed by atoms with Crippen LogP contribution in [0.4, 0.5) is 0 Å². The quantitative estimate of drug-likeness (QED) is 0.836. The minimum atomic E-state index is -0.817. The summed E-state index contributed by atoms with van der Waals surface area (Å²) in [4.78, 5) is 23.9. The summed E-state index contributed by atoms with van der Waals surface area (Å²) in [6.45, 7) is 0. The van der Waals surface area contributed by atoms with E-state index in [1.807, 2.05) is 24.3 Å². The Bertz CT molecular complexity index is 706. The fourth-order valence-corrected chi connectivity index (χ4v) is 2.66. The van der Waals surface area contributed by atoms with Crippen LogP contribution in [0.25, 0.3) is 0 Å². The molecule has 0 heterocycles. The molecule has 6 heteroatoms. The number of hydrogen-bond acceptors (Lipinski definition) is 2. The molecule has 0 spiro atoms. The number of halogens is 2. The van der Waals surface area contributed by atoms with Crippen LogP contribution in [-0.2, 0) is 11.2 Å². The molecule has 2 amide bonds. The number of carbonyl (C=O) groups excluding carboxylic acids is 2. The van der Waals surface area contributed by atoms with Gasteiger partial charge in [-0.25, -0.2) is 0 Å². The number of rotatable bonds is 5. The van der Waals surface area contributed by atoms with E-state index >= 15 is 0 Å². The van der Waals surface area contributed by atoms with Crippen molar-refractivity contribution in [3.8, 4) is 0 Å². The van der Waals surface area contributed by atoms with Crippen LogP contribution in [0.1, 0.15) is 15.9 Å². The van der Waals surface area contributed by atoms with E-state index < -0.39 is 17.9 Å². The second-order valence-electron chi connectivity index (χ2n) is 4.70. The fourth-order valence-electron chi connectivity index (χ4n) is 1.99. The van der Waals surface area contributed by atoms with Crippen molar-refractivity contribution in [2.45, 2.75) is 12.5 Å². The van der Waals surface area contributed by atoms with Crippen LogP contribution in [-0.4, -0.2) is 17.9 Å². The van der Waals surface area contributed by atoms with Gasteiger partial charge < -0.3 is 11.1 Å². The van der Waals surface area contributed by atoms with Gasteiger partial charge in [-0.15, -0.1) is 0 Å². The molecule has 114 valence electrons. The molecule has 0 unspecified atom stereocenters. The maximum atomic E-state index is 12.2. The third-order valence-corrected chi connectivity index (χ3v) is 4.25. The van der Waals surface area contributed by atoms with Crippen molar-refractivity contribution in [2.24, 2.45) is 5.73 Å². The zero-order chi connectivity index (χ0) is 16.1. The normalized spacial score (nSPS) is 11.7. The lowest BCUT2D eigenvalue weighted by atomic mass is 10.0. The van der Waals surface area contributed by atoms with E-state index in [0.29, 0.717) is 17.0 Å². The third kappa shape index (κ3) is 4.08. The van der Waals surface area contributed by atoms with Crippen molar-refractivity contribution in [1.82, 2.24) is 5.32 Å². The zero-order valence-electron chi connectivity index (χ0n) is 11.6. The monoisotopic (exact) mass is 380 g/mol. The maximum absolute atomic E-state index is 12.2. The summed E-state index contributed by atoms with van der Waals surface area (Å²) in [6.07, 6.45) is 0.299. The average Bonchev–Trinajstić information content (AvgIpc) is 2.49. The van der Waals surface area contributed by atoms with E-state index in [2.05, 4.69) is 21.2 Å². The first-order valence-corrected chi connectivity index (χ1v) is 7.74. The predicted molar refractivity (Wildman–Crippen MR) is 89.7 cm³/mol. The van der Waals surface area contributed by atoms with E-state index in [9.17, 15) is 9.59 Å². The van der Waals surface area contributed by atoms with Crippen LogP contribution in [0.15, 0.2) is 53.0 Å². The van der Waals surface area contributed by atoms with Gasteiger partial charge >= 0.3 is 0 Å². The van der Waals surface area contributed by atoms with Gasteiger partial charge in [0.25, 0.3) is 5.91 Å². The molecule has 0 aromatic heterocycles. The summed E-state index contributed by atoms with van der Waals surface area (Å²) in [7, 11) is 0.